The molecule has 0 spiro atoms. The number of benzene rings is 2. The van der Waals surface area contributed by atoms with Crippen LogP contribution in [0.2, 0.25) is 19.6 Å². The summed E-state index contributed by atoms with van der Waals surface area (Å²) >= 11 is 1.56. The molecule has 0 heterocycles. The molecule has 2 rings (SSSR count). The minimum atomic E-state index is -5.90. The van der Waals surface area contributed by atoms with Gasteiger partial charge in [-0.1, -0.05) is 37.8 Å². The number of alkyl halides is 6. The summed E-state index contributed by atoms with van der Waals surface area (Å²) in [7, 11) is -14.2. The normalized spacial score (nSPS) is 13.6. The van der Waals surface area contributed by atoms with Gasteiger partial charge in [-0.3, -0.25) is 0 Å². The molecule has 0 bridgehead atoms. The van der Waals surface area contributed by atoms with Crippen LogP contribution in [0.15, 0.2) is 36.4 Å². The lowest BCUT2D eigenvalue weighted by atomic mass is 10.1. The van der Waals surface area contributed by atoms with Gasteiger partial charge in [-0.2, -0.15) is 43.2 Å². The molecule has 2 aromatic carbocycles. The topological polar surface area (TPSA) is 86.7 Å². The lowest BCUT2D eigenvalue weighted by molar-refractivity contribution is -0.0504. The lowest BCUT2D eigenvalue weighted by Gasteiger charge is -2.22. The van der Waals surface area contributed by atoms with E-state index in [0.717, 1.165) is 12.1 Å². The van der Waals surface area contributed by atoms with Gasteiger partial charge in [0.1, 0.15) is 5.75 Å². The van der Waals surface area contributed by atoms with Gasteiger partial charge >= 0.3 is 31.3 Å². The van der Waals surface area contributed by atoms with E-state index in [9.17, 15) is 43.2 Å². The van der Waals surface area contributed by atoms with E-state index in [1.54, 1.807) is 42.2 Å². The highest BCUT2D eigenvalue weighted by Crippen LogP contribution is 2.34. The summed E-state index contributed by atoms with van der Waals surface area (Å²) in [5.74, 6) is -1.06. The van der Waals surface area contributed by atoms with Gasteiger partial charge in [0.05, 0.1) is 11.6 Å². The third-order valence-electron chi connectivity index (χ3n) is 4.02. The van der Waals surface area contributed by atoms with Crippen molar-refractivity contribution in [2.24, 2.45) is 0 Å². The van der Waals surface area contributed by atoms with Crippen LogP contribution in [0.5, 0.6) is 11.5 Å². The van der Waals surface area contributed by atoms with E-state index >= 15 is 0 Å². The van der Waals surface area contributed by atoms with Crippen molar-refractivity contribution in [2.75, 3.05) is 0 Å². The summed E-state index contributed by atoms with van der Waals surface area (Å²) in [4.78, 5) is 0. The zero-order chi connectivity index (χ0) is 25.6. The van der Waals surface area contributed by atoms with Crippen LogP contribution in [0.4, 0.5) is 26.3 Å². The molecule has 0 aromatic heterocycles. The molecule has 33 heavy (non-hydrogen) atoms. The predicted octanol–water partition coefficient (Wildman–Crippen LogP) is 4.96. The summed E-state index contributed by atoms with van der Waals surface area (Å²) in [6.07, 6.45) is 0. The van der Waals surface area contributed by atoms with Crippen LogP contribution in [-0.2, 0) is 20.2 Å². The Balaban J connectivity index is 2.51. The van der Waals surface area contributed by atoms with Crippen molar-refractivity contribution in [1.29, 1.82) is 0 Å². The summed E-state index contributed by atoms with van der Waals surface area (Å²) in [6, 6.07) is 7.29. The van der Waals surface area contributed by atoms with Crippen LogP contribution in [-0.4, -0.2) is 35.9 Å². The van der Waals surface area contributed by atoms with Gasteiger partial charge in [-0.25, -0.2) is 0 Å². The fourth-order valence-corrected chi connectivity index (χ4v) is 5.71. The average Bonchev–Trinajstić information content (AvgIpc) is 2.60. The van der Waals surface area contributed by atoms with Crippen molar-refractivity contribution >= 4 is 56.1 Å². The van der Waals surface area contributed by atoms with E-state index in [1.165, 1.54) is 24.3 Å². The Morgan fingerprint density at radius 2 is 1.12 bits per heavy atom. The fourth-order valence-electron chi connectivity index (χ4n) is 2.45. The molecule has 0 fully saturated rings. The van der Waals surface area contributed by atoms with Crippen molar-refractivity contribution < 1.29 is 51.5 Å². The van der Waals surface area contributed by atoms with E-state index in [0.29, 0.717) is 11.1 Å². The lowest BCUT2D eigenvalue weighted by Crippen LogP contribution is -2.40. The first-order valence-corrected chi connectivity index (χ1v) is 16.0. The summed E-state index contributed by atoms with van der Waals surface area (Å²) in [5, 5.41) is 0.239. The standard InChI is InChI=1S/C17H15F6IO6S2Si/c1-33(2,3)15-9-11(5-7-14(15)30-32(27,28)17(21,22)23)10-4-6-13(12(24)8-10)29-31(25,26)16(18,19)20/h4-9H,1-3H3. The van der Waals surface area contributed by atoms with Crippen LogP contribution >= 0.6 is 22.6 Å². The Kier molecular flexibility index (Phi) is 7.49. The molecule has 0 saturated carbocycles. The molecule has 0 aliphatic carbocycles. The fraction of sp³-hybridized carbons (Fsp3) is 0.294. The molecule has 0 aliphatic rings. The van der Waals surface area contributed by atoms with E-state index in [-0.39, 0.29) is 8.76 Å². The Bertz CT molecular complexity index is 1270. The molecule has 0 unspecified atom stereocenters. The molecular weight excluding hydrogens is 633 g/mol. The Morgan fingerprint density at radius 1 is 0.727 bits per heavy atom. The molecule has 0 amide bonds. The van der Waals surface area contributed by atoms with Gasteiger partial charge in [-0.05, 0) is 57.1 Å². The molecule has 2 aromatic rings. The molecule has 16 heteroatoms. The zero-order valence-electron chi connectivity index (χ0n) is 16.9. The third kappa shape index (κ3) is 6.33. The van der Waals surface area contributed by atoms with Gasteiger partial charge in [0.15, 0.2) is 5.75 Å². The van der Waals surface area contributed by atoms with Gasteiger partial charge in [0.2, 0.25) is 0 Å². The van der Waals surface area contributed by atoms with Crippen LogP contribution in [0.3, 0.4) is 0 Å². The number of hydrogen-bond donors (Lipinski definition) is 0. The molecule has 0 aliphatic heterocycles. The number of halogens is 7. The zero-order valence-corrected chi connectivity index (χ0v) is 21.7. The second-order valence-corrected chi connectivity index (χ2v) is 16.8. The van der Waals surface area contributed by atoms with Crippen molar-refractivity contribution in [2.45, 2.75) is 30.7 Å². The molecular formula is C17H15F6IO6S2Si. The van der Waals surface area contributed by atoms with Crippen molar-refractivity contribution in [3.8, 4) is 22.6 Å². The molecule has 6 nitrogen and oxygen atoms in total. The first-order chi connectivity index (χ1) is 14.7. The SMILES string of the molecule is C[Si](C)(C)c1cc(-c2ccc(OS(=O)(=O)C(F)(F)F)c(I)c2)ccc1OS(=O)(=O)C(F)(F)F. The first kappa shape index (κ1) is 27.7. The van der Waals surface area contributed by atoms with E-state index < -0.39 is 50.8 Å². The Morgan fingerprint density at radius 3 is 1.52 bits per heavy atom. The largest absolute Gasteiger partial charge is 0.534 e. The minimum absolute atomic E-state index is 0.00690. The van der Waals surface area contributed by atoms with Gasteiger partial charge in [0.25, 0.3) is 0 Å². The summed E-state index contributed by atoms with van der Waals surface area (Å²) < 4.78 is 130. The highest BCUT2D eigenvalue weighted by atomic mass is 127. The van der Waals surface area contributed by atoms with Gasteiger partial charge in [-0.15, -0.1) is 0 Å². The van der Waals surface area contributed by atoms with Crippen LogP contribution in [0, 0.1) is 3.57 Å². The van der Waals surface area contributed by atoms with Crippen LogP contribution in [0.25, 0.3) is 11.1 Å². The van der Waals surface area contributed by atoms with Crippen LogP contribution < -0.4 is 13.6 Å². The molecule has 0 N–H and O–H groups in total. The average molecular weight is 648 g/mol. The highest BCUT2D eigenvalue weighted by Gasteiger charge is 2.49. The summed E-state index contributed by atoms with van der Waals surface area (Å²) in [6.45, 7) is 5.21. The third-order valence-corrected chi connectivity index (χ3v) is 8.80. The van der Waals surface area contributed by atoms with Crippen molar-refractivity contribution in [3.05, 3.63) is 40.0 Å². The highest BCUT2D eigenvalue weighted by molar-refractivity contribution is 14.1. The maximum absolute atomic E-state index is 12.7. The van der Waals surface area contributed by atoms with Gasteiger partial charge in [0, 0.05) is 0 Å². The molecule has 0 saturated heterocycles. The smallest absolute Gasteiger partial charge is 0.376 e. The minimum Gasteiger partial charge on any atom is -0.376 e. The molecule has 184 valence electrons. The van der Waals surface area contributed by atoms with E-state index in [4.69, 9.17) is 0 Å². The molecule has 0 atom stereocenters. The van der Waals surface area contributed by atoms with E-state index in [2.05, 4.69) is 8.37 Å². The quantitative estimate of drug-likeness (QED) is 0.145. The first-order valence-electron chi connectivity index (χ1n) is 8.62. The molecule has 0 radical (unpaired) electrons. The van der Waals surface area contributed by atoms with Gasteiger partial charge < -0.3 is 8.37 Å². The van der Waals surface area contributed by atoms with Crippen molar-refractivity contribution in [1.82, 2.24) is 0 Å². The monoisotopic (exact) mass is 648 g/mol. The summed E-state index contributed by atoms with van der Waals surface area (Å²) in [5.41, 5.74) is -10.5. The van der Waals surface area contributed by atoms with Crippen LogP contribution in [0.1, 0.15) is 0 Å². The second kappa shape index (κ2) is 8.92. The van der Waals surface area contributed by atoms with Crippen molar-refractivity contribution in [3.63, 3.8) is 0 Å². The maximum Gasteiger partial charge on any atom is 0.534 e. The van der Waals surface area contributed by atoms with E-state index in [1.807, 2.05) is 0 Å². The number of rotatable bonds is 6. The Labute approximate surface area is 200 Å². The second-order valence-electron chi connectivity index (χ2n) is 7.57. The number of hydrogen-bond acceptors (Lipinski definition) is 6. The predicted molar refractivity (Wildman–Crippen MR) is 119 cm³/mol. The maximum atomic E-state index is 12.7. The Hall–Kier alpha value is -1.53.